The van der Waals surface area contributed by atoms with Crippen molar-refractivity contribution in [1.82, 2.24) is 19.7 Å². The number of aromatic nitrogens is 3. The van der Waals surface area contributed by atoms with Crippen LogP contribution in [0.5, 0.6) is 0 Å². The summed E-state index contributed by atoms with van der Waals surface area (Å²) in [5, 5.41) is 10.3. The van der Waals surface area contributed by atoms with E-state index in [9.17, 15) is 4.79 Å². The van der Waals surface area contributed by atoms with Gasteiger partial charge in [-0.1, -0.05) is 78.0 Å². The molecule has 7 heteroatoms. The Labute approximate surface area is 202 Å². The largest absolute Gasteiger partial charge is 0.337 e. The minimum atomic E-state index is 0.116. The molecule has 0 atom stereocenters. The molecule has 0 N–H and O–H groups in total. The Morgan fingerprint density at radius 1 is 0.909 bits per heavy atom. The van der Waals surface area contributed by atoms with Crippen LogP contribution in [0.15, 0.2) is 84.0 Å². The van der Waals surface area contributed by atoms with Crippen molar-refractivity contribution in [2.75, 3.05) is 12.3 Å². The zero-order chi connectivity index (χ0) is 22.6. The number of fused-ring (bicyclic) bond motifs is 1. The van der Waals surface area contributed by atoms with Crippen LogP contribution in [0, 0.1) is 0 Å². The van der Waals surface area contributed by atoms with E-state index >= 15 is 0 Å². The molecule has 0 spiro atoms. The van der Waals surface area contributed by atoms with Crippen LogP contribution in [0.2, 0.25) is 5.02 Å². The first-order chi connectivity index (χ1) is 16.2. The molecule has 1 aliphatic heterocycles. The zero-order valence-corrected chi connectivity index (χ0v) is 19.6. The van der Waals surface area contributed by atoms with Gasteiger partial charge in [0.2, 0.25) is 5.91 Å². The summed E-state index contributed by atoms with van der Waals surface area (Å²) in [6.07, 6.45) is 1.54. The molecule has 0 saturated heterocycles. The summed E-state index contributed by atoms with van der Waals surface area (Å²) < 4.78 is 2.02. The average Bonchev–Trinajstić information content (AvgIpc) is 3.25. The molecule has 4 aromatic rings. The predicted molar refractivity (Wildman–Crippen MR) is 132 cm³/mol. The normalized spacial score (nSPS) is 13.1. The Balaban J connectivity index is 1.35. The highest BCUT2D eigenvalue weighted by molar-refractivity contribution is 7.99. The van der Waals surface area contributed by atoms with Crippen molar-refractivity contribution < 1.29 is 4.79 Å². The van der Waals surface area contributed by atoms with Crippen LogP contribution in [0.3, 0.4) is 0 Å². The van der Waals surface area contributed by atoms with E-state index in [1.165, 1.54) is 22.9 Å². The molecule has 0 aliphatic carbocycles. The molecule has 2 heterocycles. The van der Waals surface area contributed by atoms with E-state index in [-0.39, 0.29) is 5.91 Å². The van der Waals surface area contributed by atoms with Crippen LogP contribution >= 0.6 is 23.4 Å². The molecular weight excluding hydrogens is 452 g/mol. The molecule has 0 unspecified atom stereocenters. The lowest BCUT2D eigenvalue weighted by molar-refractivity contribution is -0.129. The summed E-state index contributed by atoms with van der Waals surface area (Å²) in [7, 11) is 0. The summed E-state index contributed by atoms with van der Waals surface area (Å²) in [5.41, 5.74) is 4.65. The number of carbonyl (C=O) groups excluding carboxylic acids is 1. The van der Waals surface area contributed by atoms with Gasteiger partial charge >= 0.3 is 0 Å². The zero-order valence-electron chi connectivity index (χ0n) is 18.0. The van der Waals surface area contributed by atoms with Gasteiger partial charge in [-0.2, -0.15) is 0 Å². The van der Waals surface area contributed by atoms with Crippen molar-refractivity contribution in [3.63, 3.8) is 0 Å². The fourth-order valence-corrected chi connectivity index (χ4v) is 5.06. The number of benzene rings is 3. The monoisotopic (exact) mass is 474 g/mol. The smallest absolute Gasteiger partial charge is 0.233 e. The number of amides is 1. The summed E-state index contributed by atoms with van der Waals surface area (Å²) in [6.45, 7) is 1.41. The van der Waals surface area contributed by atoms with Gasteiger partial charge in [-0.3, -0.25) is 9.36 Å². The highest BCUT2D eigenvalue weighted by Crippen LogP contribution is 2.26. The fraction of sp³-hybridized carbons (Fsp3) is 0.192. The van der Waals surface area contributed by atoms with Gasteiger partial charge in [0.25, 0.3) is 0 Å². The number of halogens is 1. The Morgan fingerprint density at radius 3 is 2.42 bits per heavy atom. The number of thioether (sulfide) groups is 1. The van der Waals surface area contributed by atoms with Crippen LogP contribution in [0.4, 0.5) is 0 Å². The maximum Gasteiger partial charge on any atom is 0.233 e. The molecule has 1 amide bonds. The maximum atomic E-state index is 13.0. The van der Waals surface area contributed by atoms with Crippen LogP contribution in [-0.4, -0.2) is 37.9 Å². The lowest BCUT2D eigenvalue weighted by Crippen LogP contribution is -2.37. The van der Waals surface area contributed by atoms with Crippen molar-refractivity contribution in [2.45, 2.75) is 24.5 Å². The second-order valence-corrected chi connectivity index (χ2v) is 9.37. The minimum Gasteiger partial charge on any atom is -0.337 e. The van der Waals surface area contributed by atoms with Crippen LogP contribution < -0.4 is 0 Å². The Kier molecular flexibility index (Phi) is 6.46. The van der Waals surface area contributed by atoms with Gasteiger partial charge in [-0.25, -0.2) is 0 Å². The number of hydrogen-bond acceptors (Lipinski definition) is 4. The Hall–Kier alpha value is -3.09. The van der Waals surface area contributed by atoms with Crippen LogP contribution in [0.1, 0.15) is 22.5 Å². The van der Waals surface area contributed by atoms with Crippen molar-refractivity contribution in [1.29, 1.82) is 0 Å². The molecule has 5 nitrogen and oxygen atoms in total. The molecule has 1 aliphatic rings. The molecule has 5 rings (SSSR count). The van der Waals surface area contributed by atoms with Gasteiger partial charge in [0.15, 0.2) is 5.16 Å². The van der Waals surface area contributed by atoms with E-state index in [4.69, 9.17) is 11.6 Å². The third-order valence-corrected chi connectivity index (χ3v) is 6.96. The average molecular weight is 475 g/mol. The third-order valence-electron chi connectivity index (χ3n) is 5.80. The van der Waals surface area contributed by atoms with E-state index in [1.54, 1.807) is 0 Å². The highest BCUT2D eigenvalue weighted by Gasteiger charge is 2.22. The number of rotatable bonds is 6. The summed E-state index contributed by atoms with van der Waals surface area (Å²) >= 11 is 7.54. The molecule has 0 fully saturated rings. The summed E-state index contributed by atoms with van der Waals surface area (Å²) in [6, 6.07) is 26.1. The van der Waals surface area contributed by atoms with Crippen molar-refractivity contribution in [3.05, 3.63) is 106 Å². The minimum absolute atomic E-state index is 0.116. The number of carbonyl (C=O) groups is 1. The SMILES string of the molecule is O=C(CSc1nnc(Cc2ccccc2)n1-c1ccc(Cl)cc1)N1CCc2ccccc2C1. The van der Waals surface area contributed by atoms with Crippen LogP contribution in [-0.2, 0) is 24.2 Å². The molecular formula is C26H23ClN4OS. The van der Waals surface area contributed by atoms with Gasteiger partial charge < -0.3 is 4.90 Å². The Morgan fingerprint density at radius 2 is 1.64 bits per heavy atom. The van der Waals surface area contributed by atoms with E-state index < -0.39 is 0 Å². The summed E-state index contributed by atoms with van der Waals surface area (Å²) in [5.74, 6) is 1.26. The number of hydrogen-bond donors (Lipinski definition) is 0. The molecule has 0 radical (unpaired) electrons. The van der Waals surface area contributed by atoms with E-state index in [0.29, 0.717) is 28.9 Å². The topological polar surface area (TPSA) is 51.0 Å². The van der Waals surface area contributed by atoms with E-state index in [1.807, 2.05) is 58.0 Å². The van der Waals surface area contributed by atoms with Gasteiger partial charge in [0.1, 0.15) is 5.82 Å². The van der Waals surface area contributed by atoms with Gasteiger partial charge in [-0.15, -0.1) is 10.2 Å². The number of nitrogens with zero attached hydrogens (tertiary/aromatic N) is 4. The molecule has 166 valence electrons. The molecule has 0 bridgehead atoms. The van der Waals surface area contributed by atoms with Crippen LogP contribution in [0.25, 0.3) is 5.69 Å². The quantitative estimate of drug-likeness (QED) is 0.361. The fourth-order valence-electron chi connectivity index (χ4n) is 4.06. The van der Waals surface area contributed by atoms with Gasteiger partial charge in [0.05, 0.1) is 5.75 Å². The molecule has 1 aromatic heterocycles. The van der Waals surface area contributed by atoms with Crippen molar-refractivity contribution >= 4 is 29.3 Å². The second-order valence-electron chi connectivity index (χ2n) is 8.00. The molecule has 0 saturated carbocycles. The lowest BCUT2D eigenvalue weighted by atomic mass is 10.00. The van der Waals surface area contributed by atoms with E-state index in [0.717, 1.165) is 30.0 Å². The van der Waals surface area contributed by atoms with Crippen molar-refractivity contribution in [3.8, 4) is 5.69 Å². The first-order valence-electron chi connectivity index (χ1n) is 10.9. The first kappa shape index (κ1) is 21.7. The lowest BCUT2D eigenvalue weighted by Gasteiger charge is -2.28. The predicted octanol–water partition coefficient (Wildman–Crippen LogP) is 5.19. The first-order valence-corrected chi connectivity index (χ1v) is 12.3. The van der Waals surface area contributed by atoms with Crippen molar-refractivity contribution in [2.24, 2.45) is 0 Å². The molecule has 33 heavy (non-hydrogen) atoms. The summed E-state index contributed by atoms with van der Waals surface area (Å²) in [4.78, 5) is 14.9. The van der Waals surface area contributed by atoms with E-state index in [2.05, 4.69) is 40.5 Å². The second kappa shape index (κ2) is 9.81. The standard InChI is InChI=1S/C26H23ClN4OS/c27-22-10-12-23(13-11-22)31-24(16-19-6-2-1-3-7-19)28-29-26(31)33-18-25(32)30-15-14-20-8-4-5-9-21(20)17-30/h1-13H,14-18H2. The van der Waals surface area contributed by atoms with Gasteiger partial charge in [-0.05, 0) is 47.4 Å². The highest BCUT2D eigenvalue weighted by atomic mass is 35.5. The Bertz CT molecular complexity index is 1260. The van der Waals surface area contributed by atoms with Gasteiger partial charge in [0, 0.05) is 30.2 Å². The third kappa shape index (κ3) is 4.97. The maximum absolute atomic E-state index is 13.0. The molecule has 3 aromatic carbocycles.